The van der Waals surface area contributed by atoms with Gasteiger partial charge in [0.1, 0.15) is 17.1 Å². The maximum Gasteiger partial charge on any atom is 0.138 e. The molecule has 0 aliphatic rings. The fourth-order valence-corrected chi connectivity index (χ4v) is 1.86. The van der Waals surface area contributed by atoms with Crippen molar-refractivity contribution >= 4 is 0 Å². The van der Waals surface area contributed by atoms with E-state index in [2.05, 4.69) is 10.5 Å². The van der Waals surface area contributed by atoms with Crippen LogP contribution in [0.5, 0.6) is 0 Å². The predicted octanol–water partition coefficient (Wildman–Crippen LogP) is 1.88. The number of aliphatic hydroxyl groups is 1. The lowest BCUT2D eigenvalue weighted by atomic mass is 10.0. The second-order valence-corrected chi connectivity index (χ2v) is 4.66. The minimum atomic E-state index is -1.03. The number of rotatable bonds is 5. The van der Waals surface area contributed by atoms with Gasteiger partial charge in [-0.25, -0.2) is 0 Å². The third-order valence-electron chi connectivity index (χ3n) is 3.00. The van der Waals surface area contributed by atoms with Crippen LogP contribution in [0.1, 0.15) is 29.7 Å². The molecule has 1 unspecified atom stereocenters. The topological polar surface area (TPSA) is 71.4 Å². The molecule has 0 amide bonds. The molecule has 1 atom stereocenters. The third-order valence-corrected chi connectivity index (χ3v) is 3.00. The van der Waals surface area contributed by atoms with Crippen LogP contribution in [0, 0.1) is 13.8 Å². The van der Waals surface area contributed by atoms with E-state index in [4.69, 9.17) is 8.94 Å². The van der Waals surface area contributed by atoms with E-state index in [1.165, 1.54) is 0 Å². The van der Waals surface area contributed by atoms with Gasteiger partial charge in [-0.15, -0.1) is 0 Å². The van der Waals surface area contributed by atoms with Crippen LogP contribution in [0.15, 0.2) is 27.3 Å². The Morgan fingerprint density at radius 1 is 1.44 bits per heavy atom. The Kier molecular flexibility index (Phi) is 3.54. The number of hydrogen-bond acceptors (Lipinski definition) is 5. The first-order chi connectivity index (χ1) is 8.50. The summed E-state index contributed by atoms with van der Waals surface area (Å²) in [6.45, 7) is 6.49. The normalized spacial score (nSPS) is 14.7. The molecular formula is C13H18N2O3. The molecule has 2 aromatic heterocycles. The van der Waals surface area contributed by atoms with Gasteiger partial charge in [0.25, 0.3) is 0 Å². The van der Waals surface area contributed by atoms with Gasteiger partial charge in [0.2, 0.25) is 0 Å². The molecule has 0 aliphatic heterocycles. The zero-order chi connectivity index (χ0) is 13.2. The first-order valence-electron chi connectivity index (χ1n) is 5.89. The van der Waals surface area contributed by atoms with Gasteiger partial charge in [0.05, 0.1) is 12.0 Å². The van der Waals surface area contributed by atoms with Gasteiger partial charge >= 0.3 is 0 Å². The second-order valence-electron chi connectivity index (χ2n) is 4.66. The summed E-state index contributed by atoms with van der Waals surface area (Å²) in [5.74, 6) is 1.35. The van der Waals surface area contributed by atoms with Crippen LogP contribution in [0.3, 0.4) is 0 Å². The Morgan fingerprint density at radius 2 is 2.22 bits per heavy atom. The van der Waals surface area contributed by atoms with Crippen molar-refractivity contribution in [1.29, 1.82) is 0 Å². The molecule has 2 aromatic rings. The van der Waals surface area contributed by atoms with Crippen molar-refractivity contribution in [3.63, 3.8) is 0 Å². The van der Waals surface area contributed by atoms with Crippen molar-refractivity contribution < 1.29 is 14.0 Å². The standard InChI is InChI=1S/C13H18N2O3/c1-9-11(10(2)18-15-9)7-14-8-13(3,16)12-5-4-6-17-12/h4-6,14,16H,7-8H2,1-3H3. The molecule has 5 nitrogen and oxygen atoms in total. The van der Waals surface area contributed by atoms with Crippen molar-refractivity contribution in [1.82, 2.24) is 10.5 Å². The van der Waals surface area contributed by atoms with Crippen molar-refractivity contribution in [2.24, 2.45) is 0 Å². The van der Waals surface area contributed by atoms with Crippen LogP contribution in [-0.4, -0.2) is 16.8 Å². The lowest BCUT2D eigenvalue weighted by Gasteiger charge is -2.21. The minimum absolute atomic E-state index is 0.393. The fraction of sp³-hybridized carbons (Fsp3) is 0.462. The molecule has 0 aliphatic carbocycles. The van der Waals surface area contributed by atoms with E-state index in [1.807, 2.05) is 13.8 Å². The number of hydrogen-bond donors (Lipinski definition) is 2. The number of nitrogens with one attached hydrogen (secondary N) is 1. The first kappa shape index (κ1) is 12.9. The lowest BCUT2D eigenvalue weighted by molar-refractivity contribution is 0.0340. The second kappa shape index (κ2) is 4.96. The maximum absolute atomic E-state index is 10.2. The molecule has 5 heteroatoms. The highest BCUT2D eigenvalue weighted by atomic mass is 16.5. The van der Waals surface area contributed by atoms with E-state index < -0.39 is 5.60 Å². The van der Waals surface area contributed by atoms with E-state index in [0.29, 0.717) is 18.8 Å². The fourth-order valence-electron chi connectivity index (χ4n) is 1.86. The Balaban J connectivity index is 1.93. The first-order valence-corrected chi connectivity index (χ1v) is 5.89. The molecule has 0 radical (unpaired) electrons. The average Bonchev–Trinajstić information content (AvgIpc) is 2.93. The summed E-state index contributed by atoms with van der Waals surface area (Å²) in [5, 5.41) is 17.3. The quantitative estimate of drug-likeness (QED) is 0.847. The smallest absolute Gasteiger partial charge is 0.138 e. The van der Waals surface area contributed by atoms with Gasteiger partial charge < -0.3 is 19.4 Å². The molecule has 0 fully saturated rings. The van der Waals surface area contributed by atoms with E-state index in [0.717, 1.165) is 17.0 Å². The highest BCUT2D eigenvalue weighted by Gasteiger charge is 2.25. The van der Waals surface area contributed by atoms with E-state index >= 15 is 0 Å². The van der Waals surface area contributed by atoms with Gasteiger partial charge in [-0.2, -0.15) is 0 Å². The summed E-state index contributed by atoms with van der Waals surface area (Å²) in [5.41, 5.74) is 0.880. The molecule has 2 N–H and O–H groups in total. The Morgan fingerprint density at radius 3 is 2.78 bits per heavy atom. The van der Waals surface area contributed by atoms with Crippen molar-refractivity contribution in [3.05, 3.63) is 41.2 Å². The predicted molar refractivity (Wildman–Crippen MR) is 66.0 cm³/mol. The molecule has 0 saturated carbocycles. The SMILES string of the molecule is Cc1noc(C)c1CNCC(C)(O)c1ccco1. The Labute approximate surface area is 106 Å². The van der Waals surface area contributed by atoms with Gasteiger partial charge in [-0.3, -0.25) is 0 Å². The summed E-state index contributed by atoms with van der Waals surface area (Å²) in [7, 11) is 0. The molecular weight excluding hydrogens is 232 g/mol. The molecule has 2 heterocycles. The van der Waals surface area contributed by atoms with Gasteiger partial charge in [-0.05, 0) is 32.9 Å². The number of aromatic nitrogens is 1. The van der Waals surface area contributed by atoms with Crippen LogP contribution in [0.2, 0.25) is 0 Å². The molecule has 0 bridgehead atoms. The molecule has 2 rings (SSSR count). The van der Waals surface area contributed by atoms with Crippen molar-refractivity contribution in [2.75, 3.05) is 6.54 Å². The summed E-state index contributed by atoms with van der Waals surface area (Å²) >= 11 is 0. The zero-order valence-electron chi connectivity index (χ0n) is 10.9. The Hall–Kier alpha value is -1.59. The van der Waals surface area contributed by atoms with Crippen LogP contribution in [0.4, 0.5) is 0 Å². The van der Waals surface area contributed by atoms with Crippen LogP contribution >= 0.6 is 0 Å². The van der Waals surface area contributed by atoms with Gasteiger partial charge in [0.15, 0.2) is 0 Å². The van der Waals surface area contributed by atoms with Crippen LogP contribution < -0.4 is 5.32 Å². The van der Waals surface area contributed by atoms with Crippen LogP contribution in [0.25, 0.3) is 0 Å². The average molecular weight is 250 g/mol. The summed E-state index contributed by atoms with van der Waals surface area (Å²) in [4.78, 5) is 0. The summed E-state index contributed by atoms with van der Waals surface area (Å²) in [6.07, 6.45) is 1.55. The molecule has 0 saturated heterocycles. The molecule has 0 aromatic carbocycles. The number of aryl methyl sites for hydroxylation is 2. The van der Waals surface area contributed by atoms with Crippen LogP contribution in [-0.2, 0) is 12.1 Å². The summed E-state index contributed by atoms with van der Waals surface area (Å²) < 4.78 is 10.3. The molecule has 0 spiro atoms. The monoisotopic (exact) mass is 250 g/mol. The highest BCUT2D eigenvalue weighted by Crippen LogP contribution is 2.20. The van der Waals surface area contributed by atoms with E-state index in [-0.39, 0.29) is 0 Å². The highest BCUT2D eigenvalue weighted by molar-refractivity contribution is 5.20. The third kappa shape index (κ3) is 2.63. The number of furan rings is 1. The van der Waals surface area contributed by atoms with E-state index in [1.54, 1.807) is 25.3 Å². The minimum Gasteiger partial charge on any atom is -0.466 e. The van der Waals surface area contributed by atoms with Crippen molar-refractivity contribution in [3.8, 4) is 0 Å². The largest absolute Gasteiger partial charge is 0.466 e. The molecule has 18 heavy (non-hydrogen) atoms. The Bertz CT molecular complexity index is 481. The zero-order valence-corrected chi connectivity index (χ0v) is 10.9. The summed E-state index contributed by atoms with van der Waals surface area (Å²) in [6, 6.07) is 3.52. The van der Waals surface area contributed by atoms with Gasteiger partial charge in [-0.1, -0.05) is 5.16 Å². The maximum atomic E-state index is 10.2. The molecule has 98 valence electrons. The van der Waals surface area contributed by atoms with Gasteiger partial charge in [0, 0.05) is 18.7 Å². The van der Waals surface area contributed by atoms with Crippen molar-refractivity contribution in [2.45, 2.75) is 32.9 Å². The van der Waals surface area contributed by atoms with E-state index in [9.17, 15) is 5.11 Å². The number of nitrogens with zero attached hydrogens (tertiary/aromatic N) is 1. The lowest BCUT2D eigenvalue weighted by Crippen LogP contribution is -2.34.